The van der Waals surface area contributed by atoms with Crippen LogP contribution in [0, 0.1) is 6.92 Å². The van der Waals surface area contributed by atoms with Crippen LogP contribution in [0.3, 0.4) is 0 Å². The molecule has 3 rings (SSSR count). The maximum Gasteiger partial charge on any atom is 0.257 e. The van der Waals surface area contributed by atoms with E-state index in [-0.39, 0.29) is 17.9 Å². The quantitative estimate of drug-likeness (QED) is 0.865. The molecule has 1 aromatic heterocycles. The lowest BCUT2D eigenvalue weighted by Crippen LogP contribution is -2.28. The third-order valence-electron chi connectivity index (χ3n) is 4.40. The summed E-state index contributed by atoms with van der Waals surface area (Å²) >= 11 is 0. The van der Waals surface area contributed by atoms with E-state index >= 15 is 0 Å². The molecule has 0 fully saturated rings. The van der Waals surface area contributed by atoms with Crippen molar-refractivity contribution in [3.63, 3.8) is 0 Å². The van der Waals surface area contributed by atoms with Crippen LogP contribution in [0.5, 0.6) is 5.88 Å². The number of pyridine rings is 1. The number of rotatable bonds is 5. The van der Waals surface area contributed by atoms with Crippen molar-refractivity contribution in [2.24, 2.45) is 0 Å². The van der Waals surface area contributed by atoms with Crippen molar-refractivity contribution in [3.05, 3.63) is 52.7 Å². The third-order valence-corrected chi connectivity index (χ3v) is 4.40. The van der Waals surface area contributed by atoms with Crippen molar-refractivity contribution in [1.29, 1.82) is 0 Å². The number of hydrogen-bond acceptors (Lipinski definition) is 4. The Morgan fingerprint density at radius 1 is 1.31 bits per heavy atom. The summed E-state index contributed by atoms with van der Waals surface area (Å²) in [6, 6.07) is 9.20. The van der Waals surface area contributed by atoms with Gasteiger partial charge in [0.15, 0.2) is 0 Å². The highest BCUT2D eigenvalue weighted by atomic mass is 16.5. The minimum Gasteiger partial charge on any atom is -0.477 e. The van der Waals surface area contributed by atoms with Crippen molar-refractivity contribution in [1.82, 2.24) is 10.3 Å². The van der Waals surface area contributed by atoms with Crippen LogP contribution in [0.2, 0.25) is 0 Å². The van der Waals surface area contributed by atoms with Gasteiger partial charge in [-0.15, -0.1) is 0 Å². The molecule has 0 saturated carbocycles. The Balaban J connectivity index is 1.77. The van der Waals surface area contributed by atoms with Crippen LogP contribution in [0.25, 0.3) is 0 Å². The number of fused-ring (bicyclic) bond motifs is 1. The van der Waals surface area contributed by atoms with Gasteiger partial charge in [0.05, 0.1) is 12.6 Å². The Bertz CT molecular complexity index is 848. The Morgan fingerprint density at radius 3 is 2.88 bits per heavy atom. The second kappa shape index (κ2) is 7.56. The summed E-state index contributed by atoms with van der Waals surface area (Å²) in [5, 5.41) is 5.87. The molecule has 0 aliphatic carbocycles. The zero-order chi connectivity index (χ0) is 18.7. The Morgan fingerprint density at radius 2 is 2.12 bits per heavy atom. The van der Waals surface area contributed by atoms with E-state index in [2.05, 4.69) is 15.6 Å². The smallest absolute Gasteiger partial charge is 0.257 e. The van der Waals surface area contributed by atoms with Crippen molar-refractivity contribution in [3.8, 4) is 5.88 Å². The zero-order valence-electron chi connectivity index (χ0n) is 15.3. The molecule has 0 radical (unpaired) electrons. The molecular formula is C20H23N3O3. The van der Waals surface area contributed by atoms with E-state index in [1.54, 1.807) is 12.1 Å². The number of anilines is 1. The minimum atomic E-state index is -0.223. The summed E-state index contributed by atoms with van der Waals surface area (Å²) in [5.74, 6) is 0.173. The number of nitrogens with one attached hydrogen (secondary N) is 2. The molecule has 136 valence electrons. The highest BCUT2D eigenvalue weighted by Gasteiger charge is 2.19. The summed E-state index contributed by atoms with van der Waals surface area (Å²) in [6.07, 6.45) is 1.20. The number of aromatic nitrogens is 1. The molecule has 2 heterocycles. The average molecular weight is 353 g/mol. The van der Waals surface area contributed by atoms with Gasteiger partial charge >= 0.3 is 0 Å². The second-order valence-electron chi connectivity index (χ2n) is 6.40. The maximum atomic E-state index is 12.7. The molecule has 1 atom stereocenters. The fourth-order valence-corrected chi connectivity index (χ4v) is 2.98. The summed E-state index contributed by atoms with van der Waals surface area (Å²) < 4.78 is 5.50. The number of carbonyl (C=O) groups is 2. The number of amides is 2. The second-order valence-corrected chi connectivity index (χ2v) is 6.40. The van der Waals surface area contributed by atoms with Crippen LogP contribution >= 0.6 is 0 Å². The summed E-state index contributed by atoms with van der Waals surface area (Å²) in [7, 11) is 0. The van der Waals surface area contributed by atoms with Crippen LogP contribution in [0.1, 0.15) is 53.5 Å². The number of aryl methyl sites for hydroxylation is 2. The van der Waals surface area contributed by atoms with Gasteiger partial charge in [0, 0.05) is 17.8 Å². The number of ether oxygens (including phenoxy) is 1. The van der Waals surface area contributed by atoms with E-state index in [1.807, 2.05) is 39.0 Å². The van der Waals surface area contributed by atoms with Gasteiger partial charge in [-0.1, -0.05) is 12.1 Å². The molecule has 0 spiro atoms. The van der Waals surface area contributed by atoms with Crippen molar-refractivity contribution in [2.75, 3.05) is 11.9 Å². The normalized spacial score (nSPS) is 14.2. The SMILES string of the molecule is CCOc1nc(C)ccc1C(=O)N[C@@H](C)c1ccc2c(c1)CCC(=O)N2. The molecular weight excluding hydrogens is 330 g/mol. The minimum absolute atomic E-state index is 0.0434. The Hall–Kier alpha value is -2.89. The molecule has 1 aromatic carbocycles. The van der Waals surface area contributed by atoms with Gasteiger partial charge < -0.3 is 15.4 Å². The Labute approximate surface area is 153 Å². The van der Waals surface area contributed by atoms with E-state index in [4.69, 9.17) is 4.74 Å². The fraction of sp³-hybridized carbons (Fsp3) is 0.350. The van der Waals surface area contributed by atoms with Crippen LogP contribution in [0.4, 0.5) is 5.69 Å². The van der Waals surface area contributed by atoms with Gasteiger partial charge in [0.1, 0.15) is 5.56 Å². The molecule has 2 aromatic rings. The van der Waals surface area contributed by atoms with E-state index < -0.39 is 0 Å². The van der Waals surface area contributed by atoms with Gasteiger partial charge in [-0.2, -0.15) is 0 Å². The van der Waals surface area contributed by atoms with Gasteiger partial charge in [-0.3, -0.25) is 9.59 Å². The number of hydrogen-bond donors (Lipinski definition) is 2. The zero-order valence-corrected chi connectivity index (χ0v) is 15.3. The molecule has 26 heavy (non-hydrogen) atoms. The highest BCUT2D eigenvalue weighted by Crippen LogP contribution is 2.26. The predicted molar refractivity (Wildman–Crippen MR) is 99.4 cm³/mol. The molecule has 0 saturated heterocycles. The summed E-state index contributed by atoms with van der Waals surface area (Å²) in [5.41, 5.74) is 4.16. The number of nitrogens with zero attached hydrogens (tertiary/aromatic N) is 1. The van der Waals surface area contributed by atoms with Crippen molar-refractivity contribution < 1.29 is 14.3 Å². The van der Waals surface area contributed by atoms with Gasteiger partial charge in [-0.05, 0) is 56.5 Å². The molecule has 6 heteroatoms. The Kier molecular flexibility index (Phi) is 5.21. The first-order valence-corrected chi connectivity index (χ1v) is 8.82. The van der Waals surface area contributed by atoms with Crippen LogP contribution in [-0.4, -0.2) is 23.4 Å². The van der Waals surface area contributed by atoms with E-state index in [0.29, 0.717) is 30.9 Å². The van der Waals surface area contributed by atoms with Crippen molar-refractivity contribution >= 4 is 17.5 Å². The largest absolute Gasteiger partial charge is 0.477 e. The lowest BCUT2D eigenvalue weighted by Gasteiger charge is -2.20. The number of benzene rings is 1. The van der Waals surface area contributed by atoms with E-state index in [1.165, 1.54) is 0 Å². The first-order valence-electron chi connectivity index (χ1n) is 8.82. The molecule has 6 nitrogen and oxygen atoms in total. The van der Waals surface area contributed by atoms with Gasteiger partial charge in [0.2, 0.25) is 11.8 Å². The summed E-state index contributed by atoms with van der Waals surface area (Å²) in [4.78, 5) is 28.5. The third kappa shape index (κ3) is 3.85. The molecule has 0 unspecified atom stereocenters. The predicted octanol–water partition coefficient (Wildman–Crippen LogP) is 3.16. The average Bonchev–Trinajstić information content (AvgIpc) is 2.61. The number of carbonyl (C=O) groups excluding carboxylic acids is 2. The topological polar surface area (TPSA) is 80.3 Å². The van der Waals surface area contributed by atoms with Crippen LogP contribution < -0.4 is 15.4 Å². The summed E-state index contributed by atoms with van der Waals surface area (Å²) in [6.45, 7) is 6.10. The van der Waals surface area contributed by atoms with Crippen LogP contribution in [-0.2, 0) is 11.2 Å². The highest BCUT2D eigenvalue weighted by molar-refractivity contribution is 5.96. The lowest BCUT2D eigenvalue weighted by molar-refractivity contribution is -0.116. The van der Waals surface area contributed by atoms with E-state index in [9.17, 15) is 9.59 Å². The van der Waals surface area contributed by atoms with Crippen molar-refractivity contribution in [2.45, 2.75) is 39.7 Å². The first kappa shape index (κ1) is 17.9. The molecule has 0 bridgehead atoms. The molecule has 2 N–H and O–H groups in total. The maximum absolute atomic E-state index is 12.7. The lowest BCUT2D eigenvalue weighted by atomic mass is 9.97. The fourth-order valence-electron chi connectivity index (χ4n) is 2.98. The first-order chi connectivity index (χ1) is 12.5. The molecule has 1 aliphatic heterocycles. The monoisotopic (exact) mass is 353 g/mol. The van der Waals surface area contributed by atoms with Gasteiger partial charge in [0.25, 0.3) is 5.91 Å². The van der Waals surface area contributed by atoms with Gasteiger partial charge in [-0.25, -0.2) is 4.98 Å². The standard InChI is InChI=1S/C20H23N3O3/c1-4-26-20-16(8-5-12(2)21-20)19(25)22-13(3)14-6-9-17-15(11-14)7-10-18(24)23-17/h5-6,8-9,11,13H,4,7,10H2,1-3H3,(H,22,25)(H,23,24)/t13-/m0/s1. The van der Waals surface area contributed by atoms with E-state index in [0.717, 1.165) is 22.5 Å². The van der Waals surface area contributed by atoms with Crippen LogP contribution in [0.15, 0.2) is 30.3 Å². The molecule has 2 amide bonds. The molecule has 1 aliphatic rings.